The molecule has 0 saturated carbocycles. The standard InChI is InChI=1S/C11H12N2O2S/c1-9-3-5-11(6-4-9)16(14,15)13-8-7-10(2)12-13/h3-8H,1-2H3. The van der Waals surface area contributed by atoms with Crippen molar-refractivity contribution in [1.82, 2.24) is 9.19 Å². The highest BCUT2D eigenvalue weighted by Gasteiger charge is 2.16. The van der Waals surface area contributed by atoms with Gasteiger partial charge in [0.15, 0.2) is 0 Å². The zero-order valence-electron chi connectivity index (χ0n) is 9.08. The molecule has 4 nitrogen and oxygen atoms in total. The molecule has 84 valence electrons. The van der Waals surface area contributed by atoms with Gasteiger partial charge in [-0.15, -0.1) is 0 Å². The van der Waals surface area contributed by atoms with E-state index >= 15 is 0 Å². The number of rotatable bonds is 2. The van der Waals surface area contributed by atoms with Crippen molar-refractivity contribution in [2.24, 2.45) is 0 Å². The Hall–Kier alpha value is -1.62. The highest BCUT2D eigenvalue weighted by Crippen LogP contribution is 2.13. The van der Waals surface area contributed by atoms with Crippen molar-refractivity contribution in [2.75, 3.05) is 0 Å². The Bertz CT molecular complexity index is 597. The van der Waals surface area contributed by atoms with E-state index in [4.69, 9.17) is 0 Å². The van der Waals surface area contributed by atoms with E-state index in [-0.39, 0.29) is 4.90 Å². The number of aryl methyl sites for hydroxylation is 2. The normalized spacial score (nSPS) is 11.6. The van der Waals surface area contributed by atoms with Gasteiger partial charge >= 0.3 is 0 Å². The lowest BCUT2D eigenvalue weighted by Gasteiger charge is -2.04. The molecule has 0 unspecified atom stereocenters. The second-order valence-corrected chi connectivity index (χ2v) is 5.44. The Balaban J connectivity index is 2.51. The first kappa shape index (κ1) is 10.9. The molecule has 1 aromatic carbocycles. The molecular formula is C11H12N2O2S. The highest BCUT2D eigenvalue weighted by molar-refractivity contribution is 7.89. The highest BCUT2D eigenvalue weighted by atomic mass is 32.2. The van der Waals surface area contributed by atoms with Crippen LogP contribution in [0.15, 0.2) is 41.4 Å². The molecule has 0 amide bonds. The first-order chi connectivity index (χ1) is 7.50. The molecule has 0 bridgehead atoms. The summed E-state index contributed by atoms with van der Waals surface area (Å²) < 4.78 is 25.1. The predicted molar refractivity (Wildman–Crippen MR) is 60.7 cm³/mol. The van der Waals surface area contributed by atoms with E-state index in [1.807, 2.05) is 6.92 Å². The Kier molecular flexibility index (Phi) is 2.55. The van der Waals surface area contributed by atoms with E-state index < -0.39 is 10.0 Å². The minimum absolute atomic E-state index is 0.251. The zero-order valence-corrected chi connectivity index (χ0v) is 9.90. The molecule has 0 spiro atoms. The first-order valence-electron chi connectivity index (χ1n) is 4.85. The van der Waals surface area contributed by atoms with Gasteiger partial charge in [0.25, 0.3) is 10.0 Å². The van der Waals surface area contributed by atoms with Crippen LogP contribution < -0.4 is 0 Å². The maximum absolute atomic E-state index is 12.1. The van der Waals surface area contributed by atoms with Gasteiger partial charge in [0.2, 0.25) is 0 Å². The zero-order chi connectivity index (χ0) is 11.8. The lowest BCUT2D eigenvalue weighted by Crippen LogP contribution is -2.13. The third-order valence-electron chi connectivity index (χ3n) is 2.26. The smallest absolute Gasteiger partial charge is 0.199 e. The van der Waals surface area contributed by atoms with Gasteiger partial charge in [0, 0.05) is 6.20 Å². The average Bonchev–Trinajstić information content (AvgIpc) is 2.66. The fraction of sp³-hybridized carbons (Fsp3) is 0.182. The molecule has 1 heterocycles. The van der Waals surface area contributed by atoms with E-state index in [2.05, 4.69) is 5.10 Å². The van der Waals surface area contributed by atoms with E-state index in [1.165, 1.54) is 6.20 Å². The molecule has 0 saturated heterocycles. The van der Waals surface area contributed by atoms with Crippen LogP contribution in [0.2, 0.25) is 0 Å². The molecule has 0 aliphatic heterocycles. The summed E-state index contributed by atoms with van der Waals surface area (Å²) in [5, 5.41) is 3.91. The number of hydrogen-bond donors (Lipinski definition) is 0. The molecular weight excluding hydrogens is 224 g/mol. The third kappa shape index (κ3) is 1.86. The maximum Gasteiger partial charge on any atom is 0.282 e. The molecule has 2 rings (SSSR count). The number of benzene rings is 1. The Morgan fingerprint density at radius 2 is 1.69 bits per heavy atom. The summed E-state index contributed by atoms with van der Waals surface area (Å²) in [7, 11) is -3.53. The summed E-state index contributed by atoms with van der Waals surface area (Å²) in [5.74, 6) is 0. The van der Waals surface area contributed by atoms with Crippen molar-refractivity contribution in [2.45, 2.75) is 18.7 Å². The largest absolute Gasteiger partial charge is 0.282 e. The fourth-order valence-electron chi connectivity index (χ4n) is 1.35. The van der Waals surface area contributed by atoms with Gasteiger partial charge in [0.1, 0.15) is 0 Å². The van der Waals surface area contributed by atoms with Crippen molar-refractivity contribution in [1.29, 1.82) is 0 Å². The predicted octanol–water partition coefficient (Wildman–Crippen LogP) is 1.74. The van der Waals surface area contributed by atoms with Crippen molar-refractivity contribution in [3.05, 3.63) is 47.8 Å². The summed E-state index contributed by atoms with van der Waals surface area (Å²) in [4.78, 5) is 0.251. The minimum atomic E-state index is -3.53. The summed E-state index contributed by atoms with van der Waals surface area (Å²) in [6.07, 6.45) is 1.45. The van der Waals surface area contributed by atoms with Gasteiger partial charge in [-0.05, 0) is 32.0 Å². The third-order valence-corrected chi connectivity index (χ3v) is 3.83. The summed E-state index contributed by atoms with van der Waals surface area (Å²) >= 11 is 0. The van der Waals surface area contributed by atoms with Gasteiger partial charge in [-0.3, -0.25) is 0 Å². The lowest BCUT2D eigenvalue weighted by atomic mass is 10.2. The molecule has 5 heteroatoms. The molecule has 0 radical (unpaired) electrons. The van der Waals surface area contributed by atoms with Gasteiger partial charge < -0.3 is 0 Å². The van der Waals surface area contributed by atoms with Crippen molar-refractivity contribution in [3.63, 3.8) is 0 Å². The number of nitrogens with zero attached hydrogens (tertiary/aromatic N) is 2. The van der Waals surface area contributed by atoms with Crippen LogP contribution >= 0.6 is 0 Å². The van der Waals surface area contributed by atoms with E-state index in [9.17, 15) is 8.42 Å². The van der Waals surface area contributed by atoms with Crippen LogP contribution in [-0.2, 0) is 10.0 Å². The van der Waals surface area contributed by atoms with Gasteiger partial charge in [-0.25, -0.2) is 0 Å². The minimum Gasteiger partial charge on any atom is -0.199 e. The summed E-state index contributed by atoms with van der Waals surface area (Å²) in [6, 6.07) is 8.36. The Labute approximate surface area is 94.6 Å². The number of hydrogen-bond acceptors (Lipinski definition) is 3. The molecule has 0 aliphatic rings. The second kappa shape index (κ2) is 3.75. The molecule has 2 aromatic rings. The van der Waals surface area contributed by atoms with Crippen molar-refractivity contribution < 1.29 is 8.42 Å². The van der Waals surface area contributed by atoms with Gasteiger partial charge in [-0.1, -0.05) is 17.7 Å². The Morgan fingerprint density at radius 3 is 2.19 bits per heavy atom. The molecule has 1 aromatic heterocycles. The average molecular weight is 236 g/mol. The lowest BCUT2D eigenvalue weighted by molar-refractivity contribution is 0.579. The van der Waals surface area contributed by atoms with Crippen molar-refractivity contribution in [3.8, 4) is 0 Å². The van der Waals surface area contributed by atoms with Crippen LogP contribution in [0.25, 0.3) is 0 Å². The van der Waals surface area contributed by atoms with Crippen LogP contribution in [0.5, 0.6) is 0 Å². The van der Waals surface area contributed by atoms with Gasteiger partial charge in [-0.2, -0.15) is 17.6 Å². The van der Waals surface area contributed by atoms with Crippen LogP contribution in [0.4, 0.5) is 0 Å². The summed E-state index contributed by atoms with van der Waals surface area (Å²) in [5.41, 5.74) is 1.70. The SMILES string of the molecule is Cc1ccc(S(=O)(=O)n2ccc(C)n2)cc1. The van der Waals surface area contributed by atoms with Crippen molar-refractivity contribution >= 4 is 10.0 Å². The van der Waals surface area contributed by atoms with E-state index in [0.717, 1.165) is 9.65 Å². The number of aromatic nitrogens is 2. The molecule has 0 aliphatic carbocycles. The quantitative estimate of drug-likeness (QED) is 0.798. The maximum atomic E-state index is 12.1. The Morgan fingerprint density at radius 1 is 1.06 bits per heavy atom. The van der Waals surface area contributed by atoms with Crippen LogP contribution in [0, 0.1) is 13.8 Å². The fourth-order valence-corrected chi connectivity index (χ4v) is 2.50. The molecule has 0 fully saturated rings. The summed E-state index contributed by atoms with van der Waals surface area (Å²) in [6.45, 7) is 3.66. The topological polar surface area (TPSA) is 52.0 Å². The van der Waals surface area contributed by atoms with Crippen LogP contribution in [0.3, 0.4) is 0 Å². The molecule has 16 heavy (non-hydrogen) atoms. The van der Waals surface area contributed by atoms with Crippen LogP contribution in [0.1, 0.15) is 11.3 Å². The first-order valence-corrected chi connectivity index (χ1v) is 6.29. The molecule has 0 N–H and O–H groups in total. The monoisotopic (exact) mass is 236 g/mol. The molecule has 0 atom stereocenters. The van der Waals surface area contributed by atoms with Gasteiger partial charge in [0.05, 0.1) is 10.6 Å². The van der Waals surface area contributed by atoms with E-state index in [0.29, 0.717) is 5.69 Å². The van der Waals surface area contributed by atoms with Crippen LogP contribution in [-0.4, -0.2) is 17.6 Å². The second-order valence-electron chi connectivity index (χ2n) is 3.65. The van der Waals surface area contributed by atoms with E-state index in [1.54, 1.807) is 37.3 Å².